The molecule has 3 rings (SSSR count). The number of nitrogens with zero attached hydrogens (tertiary/aromatic N) is 1. The highest BCUT2D eigenvalue weighted by Gasteiger charge is 2.24. The fourth-order valence-electron chi connectivity index (χ4n) is 2.34. The van der Waals surface area contributed by atoms with Crippen LogP contribution in [-0.4, -0.2) is 12.0 Å². The second-order valence-corrected chi connectivity index (χ2v) is 7.07. The summed E-state index contributed by atoms with van der Waals surface area (Å²) in [5.74, 6) is -0.117. The molecule has 0 spiro atoms. The van der Waals surface area contributed by atoms with Crippen LogP contribution in [0, 0.1) is 11.3 Å². The van der Waals surface area contributed by atoms with Gasteiger partial charge in [-0.1, -0.05) is 48.5 Å². The molecule has 0 saturated heterocycles. The lowest BCUT2D eigenvalue weighted by atomic mass is 10.0. The molecule has 0 fully saturated rings. The number of thioether (sulfide) groups is 1. The zero-order chi connectivity index (χ0) is 16.9. The Morgan fingerprint density at radius 2 is 1.71 bits per heavy atom. The van der Waals surface area contributed by atoms with Crippen molar-refractivity contribution in [1.82, 2.24) is 0 Å². The Kier molecular flexibility index (Phi) is 4.99. The van der Waals surface area contributed by atoms with E-state index in [0.29, 0.717) is 21.7 Å². The maximum atomic E-state index is 12.9. The van der Waals surface area contributed by atoms with Crippen molar-refractivity contribution >= 4 is 39.6 Å². The van der Waals surface area contributed by atoms with Gasteiger partial charge in [0.15, 0.2) is 5.78 Å². The summed E-state index contributed by atoms with van der Waals surface area (Å²) in [6.45, 7) is 0. The molecule has 0 bridgehead atoms. The van der Waals surface area contributed by atoms with E-state index < -0.39 is 0 Å². The third kappa shape index (κ3) is 3.21. The summed E-state index contributed by atoms with van der Waals surface area (Å²) in [5, 5.41) is 13.6. The molecule has 0 atom stereocenters. The average molecular weight is 350 g/mol. The smallest absolute Gasteiger partial charge is 0.196 e. The number of rotatable bonds is 5. The van der Waals surface area contributed by atoms with E-state index in [4.69, 9.17) is 0 Å². The van der Waals surface area contributed by atoms with E-state index in [2.05, 4.69) is 11.4 Å². The van der Waals surface area contributed by atoms with Crippen LogP contribution in [0.3, 0.4) is 0 Å². The molecule has 3 aromatic rings. The van der Waals surface area contributed by atoms with Crippen molar-refractivity contribution in [3.05, 3.63) is 77.4 Å². The van der Waals surface area contributed by atoms with Crippen molar-refractivity contribution in [2.24, 2.45) is 0 Å². The van der Waals surface area contributed by atoms with Gasteiger partial charge in [-0.05, 0) is 18.4 Å². The van der Waals surface area contributed by atoms with Gasteiger partial charge >= 0.3 is 0 Å². The molecular formula is C19H14N2OS2. The van der Waals surface area contributed by atoms with Gasteiger partial charge in [-0.2, -0.15) is 5.26 Å². The minimum Gasteiger partial charge on any atom is -0.346 e. The summed E-state index contributed by atoms with van der Waals surface area (Å²) in [5.41, 5.74) is 2.37. The lowest BCUT2D eigenvalue weighted by molar-refractivity contribution is 0.103. The van der Waals surface area contributed by atoms with Gasteiger partial charge < -0.3 is 5.32 Å². The number of hydrogen-bond acceptors (Lipinski definition) is 5. The molecule has 1 N–H and O–H groups in total. The third-order valence-electron chi connectivity index (χ3n) is 3.47. The molecule has 1 aromatic heterocycles. The standard InChI is InChI=1S/C19H14N2OS2/c1-23-19-16(17(22)13-8-4-2-5-9-13)15(12-20)18(24-19)21-14-10-6-3-7-11-14/h2-11,21H,1H3. The first kappa shape index (κ1) is 16.3. The minimum absolute atomic E-state index is 0.117. The van der Waals surface area contributed by atoms with Crippen molar-refractivity contribution in [3.8, 4) is 6.07 Å². The van der Waals surface area contributed by atoms with Gasteiger partial charge in [-0.25, -0.2) is 0 Å². The van der Waals surface area contributed by atoms with E-state index in [1.807, 2.05) is 54.8 Å². The number of para-hydroxylation sites is 1. The van der Waals surface area contributed by atoms with E-state index >= 15 is 0 Å². The molecular weight excluding hydrogens is 336 g/mol. The Morgan fingerprint density at radius 1 is 1.08 bits per heavy atom. The molecule has 3 nitrogen and oxygen atoms in total. The zero-order valence-corrected chi connectivity index (χ0v) is 14.6. The Bertz CT molecular complexity index is 896. The molecule has 1 heterocycles. The van der Waals surface area contributed by atoms with Crippen molar-refractivity contribution in [2.75, 3.05) is 11.6 Å². The Labute approximate surface area is 149 Å². The normalized spacial score (nSPS) is 10.2. The van der Waals surface area contributed by atoms with Gasteiger partial charge in [0.2, 0.25) is 0 Å². The fraction of sp³-hybridized carbons (Fsp3) is 0.0526. The first-order valence-corrected chi connectivity index (χ1v) is 9.31. The van der Waals surface area contributed by atoms with E-state index in [1.54, 1.807) is 12.1 Å². The monoisotopic (exact) mass is 350 g/mol. The Balaban J connectivity index is 2.06. The summed E-state index contributed by atoms with van der Waals surface area (Å²) in [7, 11) is 0. The van der Waals surface area contributed by atoms with E-state index in [9.17, 15) is 10.1 Å². The number of carbonyl (C=O) groups excluding carboxylic acids is 1. The molecule has 0 aliphatic carbocycles. The number of benzene rings is 2. The minimum atomic E-state index is -0.117. The Hall–Kier alpha value is -2.55. The Morgan fingerprint density at radius 3 is 2.29 bits per heavy atom. The highest BCUT2D eigenvalue weighted by molar-refractivity contribution is 8.00. The predicted molar refractivity (Wildman–Crippen MR) is 100 cm³/mol. The number of thiophene rings is 1. The maximum Gasteiger partial charge on any atom is 0.196 e. The average Bonchev–Trinajstić information content (AvgIpc) is 3.00. The van der Waals surface area contributed by atoms with Crippen LogP contribution in [0.25, 0.3) is 0 Å². The molecule has 0 unspecified atom stereocenters. The van der Waals surface area contributed by atoms with Gasteiger partial charge in [-0.15, -0.1) is 23.1 Å². The molecule has 24 heavy (non-hydrogen) atoms. The first-order chi connectivity index (χ1) is 11.7. The molecule has 0 aliphatic heterocycles. The van der Waals surface area contributed by atoms with Crippen LogP contribution in [0.5, 0.6) is 0 Å². The summed E-state index contributed by atoms with van der Waals surface area (Å²) in [6, 6.07) is 20.9. The topological polar surface area (TPSA) is 52.9 Å². The third-order valence-corrected chi connectivity index (χ3v) is 5.69. The van der Waals surface area contributed by atoms with Crippen molar-refractivity contribution in [3.63, 3.8) is 0 Å². The van der Waals surface area contributed by atoms with Crippen LogP contribution in [-0.2, 0) is 0 Å². The molecule has 118 valence electrons. The predicted octanol–water partition coefficient (Wildman–Crippen LogP) is 5.32. The number of carbonyl (C=O) groups is 1. The largest absolute Gasteiger partial charge is 0.346 e. The number of nitriles is 1. The van der Waals surface area contributed by atoms with Gasteiger partial charge in [0.1, 0.15) is 11.1 Å². The van der Waals surface area contributed by atoms with Crippen molar-refractivity contribution in [1.29, 1.82) is 5.26 Å². The van der Waals surface area contributed by atoms with Gasteiger partial charge in [0.25, 0.3) is 0 Å². The number of nitrogens with one attached hydrogen (secondary N) is 1. The molecule has 5 heteroatoms. The molecule has 0 radical (unpaired) electrons. The summed E-state index contributed by atoms with van der Waals surface area (Å²) < 4.78 is 0.846. The molecule has 0 saturated carbocycles. The lowest BCUT2D eigenvalue weighted by Gasteiger charge is -2.04. The fourth-order valence-corrected chi connectivity index (χ4v) is 4.22. The van der Waals surface area contributed by atoms with Crippen LogP contribution < -0.4 is 5.32 Å². The number of ketones is 1. The second kappa shape index (κ2) is 7.35. The number of hydrogen-bond donors (Lipinski definition) is 1. The van der Waals surface area contributed by atoms with Crippen LogP contribution in [0.4, 0.5) is 10.7 Å². The maximum absolute atomic E-state index is 12.9. The number of anilines is 2. The van der Waals surface area contributed by atoms with E-state index in [0.717, 1.165) is 9.90 Å². The summed E-state index contributed by atoms with van der Waals surface area (Å²) in [4.78, 5) is 12.9. The van der Waals surface area contributed by atoms with E-state index in [1.165, 1.54) is 23.1 Å². The zero-order valence-electron chi connectivity index (χ0n) is 12.9. The van der Waals surface area contributed by atoms with Gasteiger partial charge in [-0.3, -0.25) is 4.79 Å². The second-order valence-electron chi connectivity index (χ2n) is 4.97. The van der Waals surface area contributed by atoms with Crippen molar-refractivity contribution in [2.45, 2.75) is 4.21 Å². The highest BCUT2D eigenvalue weighted by atomic mass is 32.2. The SMILES string of the molecule is CSc1sc(Nc2ccccc2)c(C#N)c1C(=O)c1ccccc1. The lowest BCUT2D eigenvalue weighted by Crippen LogP contribution is -2.03. The van der Waals surface area contributed by atoms with Crippen LogP contribution in [0.2, 0.25) is 0 Å². The van der Waals surface area contributed by atoms with E-state index in [-0.39, 0.29) is 5.78 Å². The first-order valence-electron chi connectivity index (χ1n) is 7.27. The summed E-state index contributed by atoms with van der Waals surface area (Å²) in [6.07, 6.45) is 1.92. The quantitative estimate of drug-likeness (QED) is 0.500. The molecule has 0 aliphatic rings. The van der Waals surface area contributed by atoms with Crippen LogP contribution in [0.15, 0.2) is 64.9 Å². The van der Waals surface area contributed by atoms with Crippen LogP contribution in [0.1, 0.15) is 21.5 Å². The van der Waals surface area contributed by atoms with Gasteiger partial charge in [0.05, 0.1) is 15.3 Å². The summed E-state index contributed by atoms with van der Waals surface area (Å²) >= 11 is 2.92. The van der Waals surface area contributed by atoms with Crippen LogP contribution >= 0.6 is 23.1 Å². The van der Waals surface area contributed by atoms with Crippen molar-refractivity contribution < 1.29 is 4.79 Å². The molecule has 0 amide bonds. The molecule has 2 aromatic carbocycles. The highest BCUT2D eigenvalue weighted by Crippen LogP contribution is 2.40. The van der Waals surface area contributed by atoms with Gasteiger partial charge in [0, 0.05) is 11.3 Å².